The van der Waals surface area contributed by atoms with Crippen LogP contribution in [0.1, 0.15) is 25.5 Å². The zero-order chi connectivity index (χ0) is 23.8. The van der Waals surface area contributed by atoms with Gasteiger partial charge in [0.15, 0.2) is 0 Å². The minimum absolute atomic E-state index is 0.0942. The van der Waals surface area contributed by atoms with E-state index in [0.717, 1.165) is 5.52 Å². The van der Waals surface area contributed by atoms with Gasteiger partial charge in [-0.25, -0.2) is 19.7 Å². The zero-order valence-corrected chi connectivity index (χ0v) is 19.3. The van der Waals surface area contributed by atoms with E-state index in [2.05, 4.69) is 29.0 Å². The fourth-order valence-electron chi connectivity index (χ4n) is 4.15. The third kappa shape index (κ3) is 3.64. The van der Waals surface area contributed by atoms with Gasteiger partial charge < -0.3 is 9.80 Å². The fraction of sp³-hybridized carbons (Fsp3) is 0.240. The lowest BCUT2D eigenvalue weighted by Crippen LogP contribution is -2.32. The van der Waals surface area contributed by atoms with Crippen molar-refractivity contribution in [1.82, 2.24) is 24.4 Å². The minimum atomic E-state index is -0.303. The number of benzene rings is 2. The van der Waals surface area contributed by atoms with Crippen molar-refractivity contribution in [2.24, 2.45) is 0 Å². The Morgan fingerprint density at radius 3 is 2.59 bits per heavy atom. The number of anilines is 2. The summed E-state index contributed by atoms with van der Waals surface area (Å²) in [7, 11) is 1.97. The number of likely N-dealkylation sites (N-methyl/N-ethyl adjacent to an activating group) is 1. The van der Waals surface area contributed by atoms with Crippen LogP contribution in [0, 0.1) is 0 Å². The predicted octanol–water partition coefficient (Wildman–Crippen LogP) is 3.80. The van der Waals surface area contributed by atoms with E-state index in [1.807, 2.05) is 53.8 Å². The number of carbonyl (C=O) groups is 2. The van der Waals surface area contributed by atoms with E-state index >= 15 is 0 Å². The molecule has 9 nitrogen and oxygen atoms in total. The summed E-state index contributed by atoms with van der Waals surface area (Å²) in [6.45, 7) is 4.55. The number of rotatable bonds is 6. The molecule has 1 atom stereocenters. The Morgan fingerprint density at radius 2 is 1.85 bits per heavy atom. The summed E-state index contributed by atoms with van der Waals surface area (Å²) in [5.74, 6) is 1.04. The first kappa shape index (κ1) is 21.6. The van der Waals surface area contributed by atoms with E-state index in [9.17, 15) is 9.59 Å². The van der Waals surface area contributed by atoms with Crippen molar-refractivity contribution in [3.05, 3.63) is 72.7 Å². The Labute approximate surface area is 197 Å². The molecule has 2 aromatic heterocycles. The average Bonchev–Trinajstić information content (AvgIpc) is 3.42. The third-order valence-electron chi connectivity index (χ3n) is 6.26. The highest BCUT2D eigenvalue weighted by molar-refractivity contribution is 6.20. The fourth-order valence-corrected chi connectivity index (χ4v) is 4.15. The lowest BCUT2D eigenvalue weighted by molar-refractivity contribution is -0.116. The van der Waals surface area contributed by atoms with Crippen LogP contribution in [0.4, 0.5) is 16.4 Å². The van der Waals surface area contributed by atoms with Crippen molar-refractivity contribution < 1.29 is 9.59 Å². The largest absolute Gasteiger partial charge is 0.337 e. The van der Waals surface area contributed by atoms with Gasteiger partial charge in [0.05, 0.1) is 22.8 Å². The number of hydrogen-bond acceptors (Lipinski definition) is 6. The smallest absolute Gasteiger partial charge is 0.331 e. The summed E-state index contributed by atoms with van der Waals surface area (Å²) in [4.78, 5) is 43.4. The van der Waals surface area contributed by atoms with Gasteiger partial charge in [0.25, 0.3) is 5.91 Å². The normalized spacial score (nSPS) is 14.8. The predicted molar refractivity (Wildman–Crippen MR) is 130 cm³/mol. The molecule has 0 bridgehead atoms. The number of nitrogens with zero attached hydrogens (tertiary/aromatic N) is 7. The van der Waals surface area contributed by atoms with E-state index in [0.29, 0.717) is 29.5 Å². The maximum Gasteiger partial charge on any atom is 0.331 e. The number of fused-ring (bicyclic) bond motifs is 1. The molecular weight excluding hydrogens is 430 g/mol. The summed E-state index contributed by atoms with van der Waals surface area (Å²) in [5, 5.41) is 0. The van der Waals surface area contributed by atoms with E-state index < -0.39 is 0 Å². The summed E-state index contributed by atoms with van der Waals surface area (Å²) in [5.41, 5.74) is 3.17. The number of amides is 3. The van der Waals surface area contributed by atoms with E-state index in [1.165, 1.54) is 15.4 Å². The van der Waals surface area contributed by atoms with Gasteiger partial charge in [0, 0.05) is 19.8 Å². The quantitative estimate of drug-likeness (QED) is 0.411. The van der Waals surface area contributed by atoms with Gasteiger partial charge in [0.1, 0.15) is 18.7 Å². The van der Waals surface area contributed by atoms with Crippen molar-refractivity contribution in [2.45, 2.75) is 19.9 Å². The summed E-state index contributed by atoms with van der Waals surface area (Å²) >= 11 is 0. The molecule has 3 heterocycles. The first-order valence-electron chi connectivity index (χ1n) is 11.2. The highest BCUT2D eigenvalue weighted by Crippen LogP contribution is 2.27. The molecular formula is C25H25N7O2. The zero-order valence-electron chi connectivity index (χ0n) is 19.3. The van der Waals surface area contributed by atoms with Crippen LogP contribution < -0.4 is 9.80 Å². The minimum Gasteiger partial charge on any atom is -0.337 e. The SMILES string of the molecule is CCN1CC(=O)N(c2ccc3c(c2)ncn3-c2ccnc(N(C)C(C)c3ccccc3)n2)C1=O. The molecule has 3 amide bonds. The maximum atomic E-state index is 12.6. The van der Waals surface area contributed by atoms with Crippen LogP contribution in [0.3, 0.4) is 0 Å². The van der Waals surface area contributed by atoms with Gasteiger partial charge in [-0.3, -0.25) is 9.36 Å². The molecule has 0 radical (unpaired) electrons. The van der Waals surface area contributed by atoms with Crippen LogP contribution in [-0.2, 0) is 4.79 Å². The Balaban J connectivity index is 1.45. The Kier molecular flexibility index (Phi) is 5.45. The highest BCUT2D eigenvalue weighted by atomic mass is 16.2. The van der Waals surface area contributed by atoms with Crippen LogP contribution >= 0.6 is 0 Å². The molecule has 172 valence electrons. The van der Waals surface area contributed by atoms with Gasteiger partial charge in [-0.1, -0.05) is 30.3 Å². The van der Waals surface area contributed by atoms with Crippen molar-refractivity contribution in [3.63, 3.8) is 0 Å². The van der Waals surface area contributed by atoms with Gasteiger partial charge >= 0.3 is 6.03 Å². The van der Waals surface area contributed by atoms with Gasteiger partial charge in [-0.2, -0.15) is 4.98 Å². The first-order chi connectivity index (χ1) is 16.5. The number of carbonyl (C=O) groups excluding carboxylic acids is 2. The second-order valence-corrected chi connectivity index (χ2v) is 8.23. The third-order valence-corrected chi connectivity index (χ3v) is 6.26. The van der Waals surface area contributed by atoms with Crippen molar-refractivity contribution in [3.8, 4) is 5.82 Å². The molecule has 0 spiro atoms. The first-order valence-corrected chi connectivity index (χ1v) is 11.2. The lowest BCUT2D eigenvalue weighted by Gasteiger charge is -2.25. The van der Waals surface area contributed by atoms with Crippen LogP contribution in [-0.4, -0.2) is 56.5 Å². The van der Waals surface area contributed by atoms with Crippen LogP contribution in [0.5, 0.6) is 0 Å². The maximum absolute atomic E-state index is 12.6. The van der Waals surface area contributed by atoms with Crippen LogP contribution in [0.25, 0.3) is 16.9 Å². The summed E-state index contributed by atoms with van der Waals surface area (Å²) in [6.07, 6.45) is 3.42. The number of imidazole rings is 1. The molecule has 1 aliphatic heterocycles. The standard InChI is InChI=1S/C25H25N7O2/c1-4-30-15-23(33)32(25(30)34)19-10-11-21-20(14-19)27-16-31(21)22-12-13-26-24(28-22)29(3)17(2)18-8-6-5-7-9-18/h5-14,16-17H,4,15H2,1-3H3. The van der Waals surface area contributed by atoms with Crippen molar-refractivity contribution in [1.29, 1.82) is 0 Å². The molecule has 1 fully saturated rings. The molecule has 1 unspecified atom stereocenters. The Bertz CT molecular complexity index is 1370. The van der Waals surface area contributed by atoms with Gasteiger partial charge in [-0.05, 0) is 43.7 Å². The lowest BCUT2D eigenvalue weighted by atomic mass is 10.1. The average molecular weight is 456 g/mol. The topological polar surface area (TPSA) is 87.5 Å². The summed E-state index contributed by atoms with van der Waals surface area (Å²) < 4.78 is 1.87. The molecule has 4 aromatic rings. The molecule has 5 rings (SSSR count). The molecule has 0 aliphatic carbocycles. The number of imide groups is 1. The van der Waals surface area contributed by atoms with E-state index in [4.69, 9.17) is 4.98 Å². The van der Waals surface area contributed by atoms with Crippen molar-refractivity contribution in [2.75, 3.05) is 29.9 Å². The monoisotopic (exact) mass is 455 g/mol. The van der Waals surface area contributed by atoms with Gasteiger partial charge in [0.2, 0.25) is 5.95 Å². The van der Waals surface area contributed by atoms with Crippen LogP contribution in [0.15, 0.2) is 67.1 Å². The molecule has 1 aliphatic rings. The molecule has 34 heavy (non-hydrogen) atoms. The second-order valence-electron chi connectivity index (χ2n) is 8.23. The molecule has 1 saturated heterocycles. The van der Waals surface area contributed by atoms with E-state index in [1.54, 1.807) is 24.7 Å². The number of hydrogen-bond donors (Lipinski definition) is 0. The molecule has 0 N–H and O–H groups in total. The Hall–Kier alpha value is -4.27. The highest BCUT2D eigenvalue weighted by Gasteiger charge is 2.36. The Morgan fingerprint density at radius 1 is 1.06 bits per heavy atom. The van der Waals surface area contributed by atoms with Crippen LogP contribution in [0.2, 0.25) is 0 Å². The van der Waals surface area contributed by atoms with Gasteiger partial charge in [-0.15, -0.1) is 0 Å². The second kappa shape index (κ2) is 8.58. The van der Waals surface area contributed by atoms with E-state index in [-0.39, 0.29) is 24.5 Å². The number of aromatic nitrogens is 4. The summed E-state index contributed by atoms with van der Waals surface area (Å²) in [6, 6.07) is 17.2. The number of urea groups is 1. The molecule has 9 heteroatoms. The van der Waals surface area contributed by atoms with Crippen molar-refractivity contribution >= 4 is 34.6 Å². The molecule has 2 aromatic carbocycles. The molecule has 0 saturated carbocycles.